The van der Waals surface area contributed by atoms with E-state index in [1.54, 1.807) is 11.3 Å². The molecular weight excluding hydrogens is 258 g/mol. The molecule has 0 fully saturated rings. The van der Waals surface area contributed by atoms with Crippen molar-refractivity contribution in [3.8, 4) is 0 Å². The first-order valence-electron chi connectivity index (χ1n) is 6.12. The minimum absolute atomic E-state index is 0.173. The number of carbonyl (C=O) groups is 1. The van der Waals surface area contributed by atoms with Crippen LogP contribution in [-0.4, -0.2) is 11.0 Å². The summed E-state index contributed by atoms with van der Waals surface area (Å²) < 4.78 is 0. The summed E-state index contributed by atoms with van der Waals surface area (Å²) in [6.07, 6.45) is 0. The van der Waals surface area contributed by atoms with E-state index < -0.39 is 0 Å². The second kappa shape index (κ2) is 6.33. The van der Waals surface area contributed by atoms with Gasteiger partial charge >= 0.3 is 6.03 Å². The summed E-state index contributed by atoms with van der Waals surface area (Å²) in [5.41, 5.74) is 3.29. The maximum atomic E-state index is 11.6. The van der Waals surface area contributed by atoms with Crippen LogP contribution in [-0.2, 0) is 13.1 Å². The average molecular weight is 275 g/mol. The molecule has 2 rings (SSSR count). The van der Waals surface area contributed by atoms with Crippen molar-refractivity contribution in [2.24, 2.45) is 0 Å². The topological polar surface area (TPSA) is 54.0 Å². The van der Waals surface area contributed by atoms with E-state index in [2.05, 4.69) is 15.6 Å². The van der Waals surface area contributed by atoms with Gasteiger partial charge in [-0.3, -0.25) is 0 Å². The van der Waals surface area contributed by atoms with E-state index in [0.29, 0.717) is 13.1 Å². The summed E-state index contributed by atoms with van der Waals surface area (Å²) in [5, 5.41) is 8.51. The SMILES string of the molecule is Cc1ccc(CNC(=O)NCc2nc(C)cs2)cc1. The van der Waals surface area contributed by atoms with E-state index in [1.165, 1.54) is 5.56 Å². The zero-order valence-corrected chi connectivity index (χ0v) is 11.9. The lowest BCUT2D eigenvalue weighted by atomic mass is 10.1. The number of thiazole rings is 1. The molecular formula is C14H17N3OS. The van der Waals surface area contributed by atoms with Crippen LogP contribution in [0.4, 0.5) is 4.79 Å². The van der Waals surface area contributed by atoms with E-state index in [1.807, 2.05) is 43.5 Å². The van der Waals surface area contributed by atoms with Gasteiger partial charge in [0.1, 0.15) is 5.01 Å². The van der Waals surface area contributed by atoms with Crippen LogP contribution in [0, 0.1) is 13.8 Å². The predicted molar refractivity (Wildman–Crippen MR) is 77.1 cm³/mol. The fraction of sp³-hybridized carbons (Fsp3) is 0.286. The number of nitrogens with zero attached hydrogens (tertiary/aromatic N) is 1. The van der Waals surface area contributed by atoms with Crippen LogP contribution in [0.25, 0.3) is 0 Å². The molecule has 0 aliphatic heterocycles. The first kappa shape index (κ1) is 13.5. The Bertz CT molecular complexity index is 548. The Kier molecular flexibility index (Phi) is 4.52. The van der Waals surface area contributed by atoms with Crippen molar-refractivity contribution < 1.29 is 4.79 Å². The van der Waals surface area contributed by atoms with Crippen molar-refractivity contribution in [1.82, 2.24) is 15.6 Å². The molecule has 4 nitrogen and oxygen atoms in total. The third-order valence-corrected chi connectivity index (χ3v) is 3.61. The van der Waals surface area contributed by atoms with E-state index in [-0.39, 0.29) is 6.03 Å². The molecule has 1 aromatic heterocycles. The molecule has 0 atom stereocenters. The highest BCUT2D eigenvalue weighted by Gasteiger charge is 2.03. The van der Waals surface area contributed by atoms with Gasteiger partial charge in [0.05, 0.1) is 6.54 Å². The molecule has 0 bridgehead atoms. The van der Waals surface area contributed by atoms with Gasteiger partial charge in [-0.25, -0.2) is 9.78 Å². The highest BCUT2D eigenvalue weighted by atomic mass is 32.1. The summed E-state index contributed by atoms with van der Waals surface area (Å²) in [7, 11) is 0. The Morgan fingerprint density at radius 1 is 1.16 bits per heavy atom. The third kappa shape index (κ3) is 4.37. The standard InChI is InChI=1S/C14H17N3OS/c1-10-3-5-12(6-4-10)7-15-14(18)16-8-13-17-11(2)9-19-13/h3-6,9H,7-8H2,1-2H3,(H2,15,16,18). The molecule has 2 N–H and O–H groups in total. The zero-order chi connectivity index (χ0) is 13.7. The number of benzene rings is 1. The van der Waals surface area contributed by atoms with Crippen molar-refractivity contribution >= 4 is 17.4 Å². The predicted octanol–water partition coefficient (Wildman–Crippen LogP) is 2.76. The molecule has 0 unspecified atom stereocenters. The number of urea groups is 1. The smallest absolute Gasteiger partial charge is 0.315 e. The molecule has 0 saturated heterocycles. The van der Waals surface area contributed by atoms with E-state index in [4.69, 9.17) is 0 Å². The van der Waals surface area contributed by atoms with Gasteiger partial charge in [-0.15, -0.1) is 11.3 Å². The highest BCUT2D eigenvalue weighted by molar-refractivity contribution is 7.09. The van der Waals surface area contributed by atoms with E-state index in [0.717, 1.165) is 16.3 Å². The van der Waals surface area contributed by atoms with Crippen LogP contribution in [0.2, 0.25) is 0 Å². The summed E-state index contributed by atoms with van der Waals surface area (Å²) in [6.45, 7) is 4.98. The fourth-order valence-electron chi connectivity index (χ4n) is 1.59. The van der Waals surface area contributed by atoms with Crippen LogP contribution in [0.1, 0.15) is 21.8 Å². The van der Waals surface area contributed by atoms with Gasteiger partial charge in [0, 0.05) is 17.6 Å². The quantitative estimate of drug-likeness (QED) is 0.901. The van der Waals surface area contributed by atoms with Gasteiger partial charge in [-0.05, 0) is 19.4 Å². The van der Waals surface area contributed by atoms with Crippen molar-refractivity contribution in [1.29, 1.82) is 0 Å². The van der Waals surface area contributed by atoms with Crippen molar-refractivity contribution in [2.45, 2.75) is 26.9 Å². The van der Waals surface area contributed by atoms with Crippen LogP contribution < -0.4 is 10.6 Å². The zero-order valence-electron chi connectivity index (χ0n) is 11.1. The van der Waals surface area contributed by atoms with Crippen molar-refractivity contribution in [3.05, 3.63) is 51.5 Å². The molecule has 0 saturated carbocycles. The monoisotopic (exact) mass is 275 g/mol. The Morgan fingerprint density at radius 2 is 1.84 bits per heavy atom. The number of rotatable bonds is 4. The molecule has 0 aliphatic carbocycles. The first-order chi connectivity index (χ1) is 9.13. The number of hydrogen-bond donors (Lipinski definition) is 2. The van der Waals surface area contributed by atoms with Crippen molar-refractivity contribution in [3.63, 3.8) is 0 Å². The molecule has 0 spiro atoms. The third-order valence-electron chi connectivity index (χ3n) is 2.64. The van der Waals surface area contributed by atoms with Crippen LogP contribution in [0.5, 0.6) is 0 Å². The Hall–Kier alpha value is -1.88. The van der Waals surface area contributed by atoms with Gasteiger partial charge in [0.15, 0.2) is 0 Å². The molecule has 1 aromatic carbocycles. The lowest BCUT2D eigenvalue weighted by molar-refractivity contribution is 0.240. The van der Waals surface area contributed by atoms with Gasteiger partial charge in [0.2, 0.25) is 0 Å². The molecule has 5 heteroatoms. The van der Waals surface area contributed by atoms with Gasteiger partial charge in [-0.1, -0.05) is 29.8 Å². The van der Waals surface area contributed by atoms with Crippen LogP contribution in [0.3, 0.4) is 0 Å². The molecule has 2 aromatic rings. The van der Waals surface area contributed by atoms with E-state index >= 15 is 0 Å². The minimum Gasteiger partial charge on any atom is -0.334 e. The lowest BCUT2D eigenvalue weighted by Gasteiger charge is -2.06. The van der Waals surface area contributed by atoms with E-state index in [9.17, 15) is 4.79 Å². The number of carbonyl (C=O) groups excluding carboxylic acids is 1. The fourth-order valence-corrected chi connectivity index (χ4v) is 2.30. The van der Waals surface area contributed by atoms with Crippen LogP contribution >= 0.6 is 11.3 Å². The Balaban J connectivity index is 1.74. The number of hydrogen-bond acceptors (Lipinski definition) is 3. The van der Waals surface area contributed by atoms with Crippen molar-refractivity contribution in [2.75, 3.05) is 0 Å². The maximum Gasteiger partial charge on any atom is 0.315 e. The number of aromatic nitrogens is 1. The summed E-state index contributed by atoms with van der Waals surface area (Å²) in [4.78, 5) is 15.9. The van der Waals surface area contributed by atoms with Gasteiger partial charge in [-0.2, -0.15) is 0 Å². The molecule has 0 aliphatic rings. The number of nitrogens with one attached hydrogen (secondary N) is 2. The maximum absolute atomic E-state index is 11.6. The molecule has 19 heavy (non-hydrogen) atoms. The molecule has 100 valence electrons. The highest BCUT2D eigenvalue weighted by Crippen LogP contribution is 2.07. The normalized spacial score (nSPS) is 10.2. The Morgan fingerprint density at radius 3 is 2.47 bits per heavy atom. The van der Waals surface area contributed by atoms with Crippen LogP contribution in [0.15, 0.2) is 29.6 Å². The largest absolute Gasteiger partial charge is 0.334 e. The number of amides is 2. The number of aryl methyl sites for hydroxylation is 2. The second-order valence-electron chi connectivity index (χ2n) is 4.40. The summed E-state index contributed by atoms with van der Waals surface area (Å²) in [6, 6.07) is 7.92. The first-order valence-corrected chi connectivity index (χ1v) is 7.00. The second-order valence-corrected chi connectivity index (χ2v) is 5.35. The molecule has 2 amide bonds. The summed E-state index contributed by atoms with van der Waals surface area (Å²) in [5.74, 6) is 0. The lowest BCUT2D eigenvalue weighted by Crippen LogP contribution is -2.34. The van der Waals surface area contributed by atoms with Gasteiger partial charge in [0.25, 0.3) is 0 Å². The Labute approximate surface area is 116 Å². The van der Waals surface area contributed by atoms with Gasteiger partial charge < -0.3 is 10.6 Å². The average Bonchev–Trinajstić information content (AvgIpc) is 2.81. The minimum atomic E-state index is -0.173. The summed E-state index contributed by atoms with van der Waals surface area (Å²) >= 11 is 1.55. The molecule has 0 radical (unpaired) electrons. The molecule has 1 heterocycles.